The molecule has 3 aromatic rings. The maximum atomic E-state index is 12.8. The van der Waals surface area contributed by atoms with Gasteiger partial charge in [0.2, 0.25) is 0 Å². The zero-order valence-electron chi connectivity index (χ0n) is 17.2. The highest BCUT2D eigenvalue weighted by atomic mass is 19.4. The largest absolute Gasteiger partial charge is 0.416 e. The smallest absolute Gasteiger partial charge is 0.361 e. The Labute approximate surface area is 174 Å². The lowest BCUT2D eigenvalue weighted by molar-refractivity contribution is -0.673. The first-order valence-corrected chi connectivity index (χ1v) is 10.1. The van der Waals surface area contributed by atoms with E-state index in [-0.39, 0.29) is 18.5 Å². The molecule has 0 saturated carbocycles. The van der Waals surface area contributed by atoms with Crippen LogP contribution in [0.25, 0.3) is 10.9 Å². The third-order valence-corrected chi connectivity index (χ3v) is 5.10. The van der Waals surface area contributed by atoms with Crippen LogP contribution in [0.3, 0.4) is 0 Å². The lowest BCUT2D eigenvalue weighted by Gasteiger charge is -2.23. The van der Waals surface area contributed by atoms with Crippen molar-refractivity contribution in [3.8, 4) is 0 Å². The van der Waals surface area contributed by atoms with E-state index in [0.717, 1.165) is 28.6 Å². The number of fused-ring (bicyclic) bond motifs is 1. The first kappa shape index (κ1) is 21.9. The fraction of sp³-hybridized carbons (Fsp3) is 0.348. The molecule has 2 aromatic carbocycles. The van der Waals surface area contributed by atoms with E-state index in [4.69, 9.17) is 0 Å². The zero-order chi connectivity index (χ0) is 21.7. The summed E-state index contributed by atoms with van der Waals surface area (Å²) in [7, 11) is 0. The summed E-state index contributed by atoms with van der Waals surface area (Å²) in [6, 6.07) is 13.3. The Morgan fingerprint density at radius 1 is 1.10 bits per heavy atom. The number of quaternary nitrogens is 1. The predicted molar refractivity (Wildman–Crippen MR) is 111 cm³/mol. The normalized spacial score (nSPS) is 11.9. The van der Waals surface area contributed by atoms with E-state index in [1.165, 1.54) is 12.1 Å². The van der Waals surface area contributed by atoms with Crippen LogP contribution in [0.4, 0.5) is 13.2 Å². The van der Waals surface area contributed by atoms with Crippen LogP contribution in [0, 0.1) is 0 Å². The number of nitrogens with one attached hydrogen (secondary N) is 1. The Morgan fingerprint density at radius 3 is 2.47 bits per heavy atom. The Balaban J connectivity index is 1.73. The minimum atomic E-state index is -4.37. The number of nitrogens with zero attached hydrogens (tertiary/aromatic N) is 1. The molecule has 1 aromatic heterocycles. The summed E-state index contributed by atoms with van der Waals surface area (Å²) in [5.74, 6) is -0.0246. The number of carbonyl (C=O) groups is 1. The minimum absolute atomic E-state index is 0.0246. The molecule has 1 amide bonds. The quantitative estimate of drug-likeness (QED) is 0.576. The number of nitrogens with two attached hydrogens (primary N) is 1. The molecule has 0 radical (unpaired) electrons. The number of carbonyl (C=O) groups excluding carboxylic acids is 1. The van der Waals surface area contributed by atoms with Crippen LogP contribution in [0.2, 0.25) is 0 Å². The molecule has 0 saturated heterocycles. The number of rotatable bonds is 8. The van der Waals surface area contributed by atoms with Crippen molar-refractivity contribution in [1.29, 1.82) is 0 Å². The first-order chi connectivity index (χ1) is 14.2. The van der Waals surface area contributed by atoms with Crippen molar-refractivity contribution < 1.29 is 23.3 Å². The zero-order valence-corrected chi connectivity index (χ0v) is 17.2. The summed E-state index contributed by atoms with van der Waals surface area (Å²) in [6.07, 6.45) is -1.75. The van der Waals surface area contributed by atoms with E-state index in [2.05, 4.69) is 4.98 Å². The summed E-state index contributed by atoms with van der Waals surface area (Å²) >= 11 is 0. The molecule has 0 unspecified atom stereocenters. The molecule has 30 heavy (non-hydrogen) atoms. The molecule has 0 fully saturated rings. The summed E-state index contributed by atoms with van der Waals surface area (Å²) in [5, 5.41) is 3.07. The molecule has 3 rings (SSSR count). The van der Waals surface area contributed by atoms with E-state index in [9.17, 15) is 18.0 Å². The highest BCUT2D eigenvalue weighted by Gasteiger charge is 2.30. The minimum Gasteiger partial charge on any atom is -0.361 e. The van der Waals surface area contributed by atoms with Gasteiger partial charge in [-0.2, -0.15) is 13.2 Å². The van der Waals surface area contributed by atoms with Gasteiger partial charge >= 0.3 is 6.18 Å². The van der Waals surface area contributed by atoms with Gasteiger partial charge in [-0.15, -0.1) is 0 Å². The number of halogens is 3. The van der Waals surface area contributed by atoms with E-state index in [1.54, 1.807) is 4.90 Å². The summed E-state index contributed by atoms with van der Waals surface area (Å²) in [5.41, 5.74) is 2.15. The second kappa shape index (κ2) is 9.34. The predicted octanol–water partition coefficient (Wildman–Crippen LogP) is 3.73. The van der Waals surface area contributed by atoms with Crippen molar-refractivity contribution in [3.63, 3.8) is 0 Å². The van der Waals surface area contributed by atoms with E-state index < -0.39 is 11.7 Å². The number of benzene rings is 2. The highest BCUT2D eigenvalue weighted by molar-refractivity contribution is 5.83. The molecule has 1 heterocycles. The molecule has 7 heteroatoms. The molecular formula is C23H27F3N3O+. The van der Waals surface area contributed by atoms with Crippen LogP contribution in [0.1, 0.15) is 30.5 Å². The second-order valence-corrected chi connectivity index (χ2v) is 7.80. The van der Waals surface area contributed by atoms with Gasteiger partial charge < -0.3 is 15.2 Å². The number of amides is 1. The molecule has 0 aliphatic heterocycles. The van der Waals surface area contributed by atoms with Gasteiger partial charge in [0, 0.05) is 30.2 Å². The van der Waals surface area contributed by atoms with Crippen molar-refractivity contribution in [1.82, 2.24) is 9.88 Å². The van der Waals surface area contributed by atoms with Gasteiger partial charge in [-0.3, -0.25) is 4.79 Å². The van der Waals surface area contributed by atoms with Crippen LogP contribution in [0.15, 0.2) is 54.7 Å². The van der Waals surface area contributed by atoms with Crippen LogP contribution in [0.5, 0.6) is 0 Å². The third kappa shape index (κ3) is 5.63. The number of alkyl halides is 3. The Hall–Kier alpha value is -2.80. The number of aromatic nitrogens is 1. The average molecular weight is 418 g/mol. The Bertz CT molecular complexity index is 977. The number of H-pyrrole nitrogens is 1. The van der Waals surface area contributed by atoms with Gasteiger partial charge in [0.25, 0.3) is 5.91 Å². The van der Waals surface area contributed by atoms with Gasteiger partial charge in [0.1, 0.15) is 0 Å². The fourth-order valence-electron chi connectivity index (χ4n) is 3.37. The Kier molecular flexibility index (Phi) is 6.82. The number of hydrogen-bond acceptors (Lipinski definition) is 1. The van der Waals surface area contributed by atoms with Crippen molar-refractivity contribution in [3.05, 3.63) is 71.4 Å². The van der Waals surface area contributed by atoms with Gasteiger partial charge in [-0.25, -0.2) is 0 Å². The topological polar surface area (TPSA) is 52.7 Å². The van der Waals surface area contributed by atoms with Crippen molar-refractivity contribution in [2.45, 2.75) is 39.0 Å². The van der Waals surface area contributed by atoms with Crippen LogP contribution in [-0.4, -0.2) is 34.9 Å². The average Bonchev–Trinajstić information content (AvgIpc) is 3.12. The van der Waals surface area contributed by atoms with E-state index in [1.807, 2.05) is 49.6 Å². The molecule has 0 aliphatic carbocycles. The van der Waals surface area contributed by atoms with Crippen molar-refractivity contribution in [2.75, 3.05) is 13.1 Å². The summed E-state index contributed by atoms with van der Waals surface area (Å²) in [6.45, 7) is 5.12. The maximum absolute atomic E-state index is 12.8. The van der Waals surface area contributed by atoms with Gasteiger partial charge in [-0.05, 0) is 49.6 Å². The van der Waals surface area contributed by atoms with Gasteiger partial charge in [0.05, 0.1) is 11.6 Å². The fourth-order valence-corrected chi connectivity index (χ4v) is 3.37. The molecular weight excluding hydrogens is 391 g/mol. The number of para-hydroxylation sites is 1. The highest BCUT2D eigenvalue weighted by Crippen LogP contribution is 2.29. The molecule has 160 valence electrons. The molecule has 0 spiro atoms. The third-order valence-electron chi connectivity index (χ3n) is 5.10. The number of aromatic amines is 1. The molecule has 0 atom stereocenters. The lowest BCUT2D eigenvalue weighted by Crippen LogP contribution is -2.90. The molecule has 3 N–H and O–H groups in total. The first-order valence-electron chi connectivity index (χ1n) is 10.1. The summed E-state index contributed by atoms with van der Waals surface area (Å²) in [4.78, 5) is 17.8. The van der Waals surface area contributed by atoms with Gasteiger partial charge in [0.15, 0.2) is 6.54 Å². The van der Waals surface area contributed by atoms with E-state index >= 15 is 0 Å². The standard InChI is InChI=1S/C23H26F3N3O/c1-16(2)27-14-22(30)29(15-17-7-9-19(10-8-17)23(24,25)26)12-11-18-13-28-21-6-4-3-5-20(18)21/h3-10,13,16,27-28H,11-12,14-15H2,1-2H3/p+1. The van der Waals surface area contributed by atoms with Crippen molar-refractivity contribution >= 4 is 16.8 Å². The lowest BCUT2D eigenvalue weighted by atomic mass is 10.1. The van der Waals surface area contributed by atoms with Crippen LogP contribution in [-0.2, 0) is 23.9 Å². The molecule has 4 nitrogen and oxygen atoms in total. The van der Waals surface area contributed by atoms with Crippen molar-refractivity contribution in [2.24, 2.45) is 0 Å². The maximum Gasteiger partial charge on any atom is 0.416 e. The monoisotopic (exact) mass is 418 g/mol. The SMILES string of the molecule is CC(C)[NH2+]CC(=O)N(CCc1c[nH]c2ccccc12)Cc1ccc(C(F)(F)F)cc1. The van der Waals surface area contributed by atoms with Gasteiger partial charge in [-0.1, -0.05) is 30.3 Å². The van der Waals surface area contributed by atoms with E-state index in [0.29, 0.717) is 25.1 Å². The second-order valence-electron chi connectivity index (χ2n) is 7.80. The van der Waals surface area contributed by atoms with Crippen LogP contribution >= 0.6 is 0 Å². The number of hydrogen-bond donors (Lipinski definition) is 2. The molecule has 0 aliphatic rings. The molecule has 0 bridgehead atoms. The summed E-state index contributed by atoms with van der Waals surface area (Å²) < 4.78 is 38.5. The Morgan fingerprint density at radius 2 is 1.80 bits per heavy atom. The van der Waals surface area contributed by atoms with Crippen LogP contribution < -0.4 is 5.32 Å².